The van der Waals surface area contributed by atoms with Gasteiger partial charge in [-0.1, -0.05) is 6.08 Å². The van der Waals surface area contributed by atoms with Crippen molar-refractivity contribution >= 4 is 27.3 Å². The van der Waals surface area contributed by atoms with E-state index in [4.69, 9.17) is 0 Å². The number of hydrogen-bond acceptors (Lipinski definition) is 4. The zero-order chi connectivity index (χ0) is 17.5. The van der Waals surface area contributed by atoms with Crippen molar-refractivity contribution in [2.24, 2.45) is 0 Å². The summed E-state index contributed by atoms with van der Waals surface area (Å²) in [6, 6.07) is 7.48. The van der Waals surface area contributed by atoms with E-state index < -0.39 is 10.0 Å². The lowest BCUT2D eigenvalue weighted by Crippen LogP contribution is -2.37. The Balaban J connectivity index is 2.72. The minimum Gasteiger partial charge on any atom is -0.372 e. The lowest BCUT2D eigenvalue weighted by atomic mass is 10.2. The number of rotatable bonds is 9. The number of nitrogens with zero attached hydrogens (tertiary/aromatic N) is 2. The van der Waals surface area contributed by atoms with Crippen LogP contribution in [0.5, 0.6) is 0 Å². The molecule has 0 aliphatic heterocycles. The quantitative estimate of drug-likeness (QED) is 0.698. The van der Waals surface area contributed by atoms with Crippen molar-refractivity contribution in [2.45, 2.75) is 13.8 Å². The van der Waals surface area contributed by atoms with Gasteiger partial charge < -0.3 is 10.2 Å². The number of sulfonamides is 1. The minimum atomic E-state index is -3.44. The Kier molecular flexibility index (Phi) is 7.25. The van der Waals surface area contributed by atoms with E-state index in [1.807, 2.05) is 24.3 Å². The van der Waals surface area contributed by atoms with E-state index >= 15 is 0 Å². The van der Waals surface area contributed by atoms with Crippen LogP contribution in [0.15, 0.2) is 36.9 Å². The predicted molar refractivity (Wildman–Crippen MR) is 95.2 cm³/mol. The molecule has 1 amide bonds. The molecule has 0 saturated carbocycles. The van der Waals surface area contributed by atoms with Crippen LogP contribution in [0.4, 0.5) is 11.4 Å². The van der Waals surface area contributed by atoms with E-state index in [2.05, 4.69) is 30.6 Å². The van der Waals surface area contributed by atoms with Crippen molar-refractivity contribution in [1.82, 2.24) is 4.31 Å². The number of anilines is 2. The highest BCUT2D eigenvalue weighted by atomic mass is 32.2. The third-order valence-electron chi connectivity index (χ3n) is 3.40. The lowest BCUT2D eigenvalue weighted by Gasteiger charge is -2.21. The average Bonchev–Trinajstić information content (AvgIpc) is 2.49. The van der Waals surface area contributed by atoms with Crippen LogP contribution in [-0.4, -0.2) is 51.1 Å². The van der Waals surface area contributed by atoms with E-state index in [9.17, 15) is 13.2 Å². The minimum absolute atomic E-state index is 0.104. The Morgan fingerprint density at radius 2 is 1.78 bits per heavy atom. The van der Waals surface area contributed by atoms with Crippen molar-refractivity contribution in [2.75, 3.05) is 42.7 Å². The van der Waals surface area contributed by atoms with Crippen molar-refractivity contribution in [3.05, 3.63) is 36.9 Å². The smallest absolute Gasteiger partial charge is 0.239 e. The van der Waals surface area contributed by atoms with Crippen LogP contribution in [0.1, 0.15) is 13.8 Å². The van der Waals surface area contributed by atoms with Crippen LogP contribution >= 0.6 is 0 Å². The molecule has 0 heterocycles. The molecule has 128 valence electrons. The van der Waals surface area contributed by atoms with E-state index in [0.717, 1.165) is 29.3 Å². The fourth-order valence-electron chi connectivity index (χ4n) is 2.17. The summed E-state index contributed by atoms with van der Waals surface area (Å²) in [5.74, 6) is -0.382. The summed E-state index contributed by atoms with van der Waals surface area (Å²) in [7, 11) is -3.44. The lowest BCUT2D eigenvalue weighted by molar-refractivity contribution is -0.116. The highest BCUT2D eigenvalue weighted by molar-refractivity contribution is 7.88. The normalized spacial score (nSPS) is 11.3. The second-order valence-electron chi connectivity index (χ2n) is 5.11. The average molecular weight is 339 g/mol. The molecule has 1 N–H and O–H groups in total. The zero-order valence-electron chi connectivity index (χ0n) is 13.9. The summed E-state index contributed by atoms with van der Waals surface area (Å²) in [6.45, 7) is 9.36. The van der Waals surface area contributed by atoms with Crippen LogP contribution in [0, 0.1) is 0 Å². The van der Waals surface area contributed by atoms with Gasteiger partial charge in [-0.05, 0) is 38.1 Å². The number of benzene rings is 1. The van der Waals surface area contributed by atoms with E-state index in [1.54, 1.807) is 0 Å². The first-order chi connectivity index (χ1) is 10.8. The second-order valence-corrected chi connectivity index (χ2v) is 7.09. The van der Waals surface area contributed by atoms with Crippen molar-refractivity contribution in [1.29, 1.82) is 0 Å². The molecule has 0 aromatic heterocycles. The largest absolute Gasteiger partial charge is 0.372 e. The van der Waals surface area contributed by atoms with Gasteiger partial charge in [0.05, 0.1) is 12.8 Å². The van der Waals surface area contributed by atoms with Gasteiger partial charge in [-0.2, -0.15) is 4.31 Å². The molecule has 6 nitrogen and oxygen atoms in total. The topological polar surface area (TPSA) is 69.7 Å². The highest BCUT2D eigenvalue weighted by Gasteiger charge is 2.18. The number of nitrogens with one attached hydrogen (secondary N) is 1. The van der Waals surface area contributed by atoms with Gasteiger partial charge in [0, 0.05) is 31.0 Å². The molecule has 0 atom stereocenters. The molecule has 1 aromatic carbocycles. The van der Waals surface area contributed by atoms with Crippen molar-refractivity contribution < 1.29 is 13.2 Å². The Bertz CT molecular complexity index is 622. The first kappa shape index (κ1) is 19.2. The maximum absolute atomic E-state index is 12.0. The highest BCUT2D eigenvalue weighted by Crippen LogP contribution is 2.17. The molecule has 0 fully saturated rings. The van der Waals surface area contributed by atoms with Gasteiger partial charge in [0.15, 0.2) is 0 Å². The molecule has 0 unspecified atom stereocenters. The summed E-state index contributed by atoms with van der Waals surface area (Å²) in [4.78, 5) is 14.2. The summed E-state index contributed by atoms with van der Waals surface area (Å²) in [6.07, 6.45) is 2.52. The standard InChI is InChI=1S/C16H25N3O3S/c1-5-12-19(23(4,21)22)13-16(20)17-14-8-10-15(11-9-14)18(6-2)7-3/h5,8-11H,1,6-7,12-13H2,2-4H3,(H,17,20). The molecule has 23 heavy (non-hydrogen) atoms. The monoisotopic (exact) mass is 339 g/mol. The summed E-state index contributed by atoms with van der Waals surface area (Å²) < 4.78 is 24.2. The fraction of sp³-hybridized carbons (Fsp3) is 0.438. The molecule has 1 aromatic rings. The number of hydrogen-bond donors (Lipinski definition) is 1. The summed E-state index contributed by atoms with van der Waals surface area (Å²) in [5, 5.41) is 2.71. The number of carbonyl (C=O) groups is 1. The molecule has 0 aliphatic carbocycles. The molecule has 7 heteroatoms. The Morgan fingerprint density at radius 1 is 1.22 bits per heavy atom. The second kappa shape index (κ2) is 8.69. The Labute approximate surface area is 138 Å². The third kappa shape index (κ3) is 6.03. The van der Waals surface area contributed by atoms with Crippen molar-refractivity contribution in [3.63, 3.8) is 0 Å². The molecule has 0 aliphatic rings. The SMILES string of the molecule is C=CCN(CC(=O)Nc1ccc(N(CC)CC)cc1)S(C)(=O)=O. The van der Waals surface area contributed by atoms with Crippen LogP contribution in [-0.2, 0) is 14.8 Å². The Morgan fingerprint density at radius 3 is 2.22 bits per heavy atom. The third-order valence-corrected chi connectivity index (χ3v) is 4.62. The molecule has 1 rings (SSSR count). The fourth-order valence-corrected chi connectivity index (χ4v) is 2.89. The molecule has 0 spiro atoms. The van der Waals surface area contributed by atoms with Gasteiger partial charge in [-0.3, -0.25) is 4.79 Å². The van der Waals surface area contributed by atoms with E-state index in [-0.39, 0.29) is 19.0 Å². The summed E-state index contributed by atoms with van der Waals surface area (Å²) in [5.41, 5.74) is 1.72. The molecule has 0 saturated heterocycles. The van der Waals surface area contributed by atoms with Crippen LogP contribution in [0.2, 0.25) is 0 Å². The number of carbonyl (C=O) groups excluding carboxylic acids is 1. The van der Waals surface area contributed by atoms with Gasteiger partial charge in [0.25, 0.3) is 0 Å². The predicted octanol–water partition coefficient (Wildman–Crippen LogP) is 1.92. The van der Waals surface area contributed by atoms with E-state index in [1.165, 1.54) is 6.08 Å². The van der Waals surface area contributed by atoms with Crippen LogP contribution < -0.4 is 10.2 Å². The van der Waals surface area contributed by atoms with Gasteiger partial charge >= 0.3 is 0 Å². The van der Waals surface area contributed by atoms with Crippen LogP contribution in [0.25, 0.3) is 0 Å². The molecular weight excluding hydrogens is 314 g/mol. The van der Waals surface area contributed by atoms with Gasteiger partial charge in [0.2, 0.25) is 15.9 Å². The first-order valence-corrected chi connectivity index (χ1v) is 9.37. The molecular formula is C16H25N3O3S. The van der Waals surface area contributed by atoms with Gasteiger partial charge in [-0.25, -0.2) is 8.42 Å². The maximum atomic E-state index is 12.0. The van der Waals surface area contributed by atoms with Crippen molar-refractivity contribution in [3.8, 4) is 0 Å². The van der Waals surface area contributed by atoms with Crippen LogP contribution in [0.3, 0.4) is 0 Å². The summed E-state index contributed by atoms with van der Waals surface area (Å²) >= 11 is 0. The Hall–Kier alpha value is -1.86. The molecule has 0 radical (unpaired) electrons. The number of amides is 1. The van der Waals surface area contributed by atoms with Gasteiger partial charge in [0.1, 0.15) is 0 Å². The molecule has 0 bridgehead atoms. The maximum Gasteiger partial charge on any atom is 0.239 e. The first-order valence-electron chi connectivity index (χ1n) is 7.52. The van der Waals surface area contributed by atoms with Gasteiger partial charge in [-0.15, -0.1) is 6.58 Å². The zero-order valence-corrected chi connectivity index (χ0v) is 14.8. The van der Waals surface area contributed by atoms with E-state index in [0.29, 0.717) is 5.69 Å².